The molecule has 1 aliphatic heterocycles. The van der Waals surface area contributed by atoms with Gasteiger partial charge in [0.15, 0.2) is 5.76 Å². The third-order valence-corrected chi connectivity index (χ3v) is 7.76. The molecule has 1 aromatic heterocycles. The lowest BCUT2D eigenvalue weighted by Gasteiger charge is -2.29. The minimum atomic E-state index is -0.845. The monoisotopic (exact) mass is 533 g/mol. The number of aryl methyl sites for hydroxylation is 1. The molecule has 4 rings (SSSR count). The van der Waals surface area contributed by atoms with Crippen LogP contribution >= 0.6 is 11.3 Å². The van der Waals surface area contributed by atoms with Crippen LogP contribution < -0.4 is 4.74 Å². The van der Waals surface area contributed by atoms with Crippen molar-refractivity contribution in [3.05, 3.63) is 82.1 Å². The summed E-state index contributed by atoms with van der Waals surface area (Å²) in [4.78, 5) is 47.5. The van der Waals surface area contributed by atoms with E-state index in [1.807, 2.05) is 44.2 Å². The van der Waals surface area contributed by atoms with Crippen LogP contribution in [0.3, 0.4) is 0 Å². The number of esters is 1. The maximum absolute atomic E-state index is 14.0. The molecule has 1 unspecified atom stereocenters. The number of likely N-dealkylation sites (N-methyl/N-ethyl adjacent to an activating group) is 1. The van der Waals surface area contributed by atoms with E-state index in [9.17, 15) is 19.5 Å². The summed E-state index contributed by atoms with van der Waals surface area (Å²) < 4.78 is 5.27. The van der Waals surface area contributed by atoms with Gasteiger partial charge in [-0.25, -0.2) is 4.98 Å². The van der Waals surface area contributed by atoms with Crippen LogP contribution in [0.1, 0.15) is 47.7 Å². The maximum Gasteiger partial charge on any atom is 0.308 e. The van der Waals surface area contributed by atoms with Crippen molar-refractivity contribution < 1.29 is 24.2 Å². The molecular formula is C29H31N3O5S. The number of carbonyl (C=O) groups excluding carboxylic acids is 3. The van der Waals surface area contributed by atoms with Crippen molar-refractivity contribution in [3.63, 3.8) is 0 Å². The Morgan fingerprint density at radius 2 is 1.82 bits per heavy atom. The molecule has 0 radical (unpaired) electrons. The second-order valence-corrected chi connectivity index (χ2v) is 9.98. The summed E-state index contributed by atoms with van der Waals surface area (Å²) in [6.07, 6.45) is 0. The number of aliphatic hydroxyl groups excluding tert-OH is 1. The van der Waals surface area contributed by atoms with Crippen LogP contribution in [0.25, 0.3) is 10.6 Å². The van der Waals surface area contributed by atoms with Crippen molar-refractivity contribution >= 4 is 29.0 Å². The van der Waals surface area contributed by atoms with Gasteiger partial charge in [0.1, 0.15) is 10.8 Å². The second kappa shape index (κ2) is 11.7. The molecule has 2 heterocycles. The summed E-state index contributed by atoms with van der Waals surface area (Å²) in [5.41, 5.74) is 1.97. The lowest BCUT2D eigenvalue weighted by molar-refractivity contribution is -0.132. The fraction of sp³-hybridized carbons (Fsp3) is 0.310. The van der Waals surface area contributed by atoms with E-state index in [2.05, 4.69) is 9.88 Å². The van der Waals surface area contributed by atoms with Gasteiger partial charge in [0.25, 0.3) is 5.91 Å². The number of carbonyl (C=O) groups is 3. The number of nitrogens with zero attached hydrogens (tertiary/aromatic N) is 3. The topological polar surface area (TPSA) is 100 Å². The predicted molar refractivity (Wildman–Crippen MR) is 146 cm³/mol. The van der Waals surface area contributed by atoms with Crippen molar-refractivity contribution in [2.24, 2.45) is 0 Å². The number of ketones is 1. The second-order valence-electron chi connectivity index (χ2n) is 8.99. The summed E-state index contributed by atoms with van der Waals surface area (Å²) in [5, 5.41) is 11.7. The van der Waals surface area contributed by atoms with Gasteiger partial charge in [-0.15, -0.1) is 11.3 Å². The molecule has 1 N–H and O–H groups in total. The van der Waals surface area contributed by atoms with Crippen molar-refractivity contribution in [1.82, 2.24) is 14.8 Å². The number of Topliss-reactive ketones (excluding diaryl/α,β-unsaturated/α-hetero) is 1. The highest BCUT2D eigenvalue weighted by Crippen LogP contribution is 2.41. The molecular weight excluding hydrogens is 502 g/mol. The number of ether oxygens (including phenoxy) is 1. The summed E-state index contributed by atoms with van der Waals surface area (Å²) in [5.74, 6) is -1.79. The van der Waals surface area contributed by atoms with E-state index in [4.69, 9.17) is 4.74 Å². The highest BCUT2D eigenvalue weighted by molar-refractivity contribution is 7.17. The number of thiazole rings is 1. The SMILES string of the molecule is CCN(CC)CCN1C(=O)C(O)=C(C(=O)c2sc(-c3ccccc3)nc2C)C1c1cccc(OC(C)=O)c1. The fourth-order valence-corrected chi connectivity index (χ4v) is 5.63. The molecule has 2 aromatic carbocycles. The Hall–Kier alpha value is -3.82. The number of hydrogen-bond donors (Lipinski definition) is 1. The molecule has 0 fully saturated rings. The standard InChI is InChI=1S/C29H31N3O5S/c1-5-31(6-2)15-16-32-24(21-13-10-14-22(17-21)37-19(4)33)23(26(35)29(32)36)25(34)27-18(3)30-28(38-27)20-11-8-7-9-12-20/h7-14,17,24,35H,5-6,15-16H2,1-4H3. The van der Waals surface area contributed by atoms with E-state index < -0.39 is 29.5 Å². The molecule has 0 spiro atoms. The average molecular weight is 534 g/mol. The van der Waals surface area contributed by atoms with E-state index in [1.54, 1.807) is 31.2 Å². The number of hydrogen-bond acceptors (Lipinski definition) is 8. The number of benzene rings is 2. The van der Waals surface area contributed by atoms with Crippen molar-refractivity contribution in [2.45, 2.75) is 33.7 Å². The highest BCUT2D eigenvalue weighted by Gasteiger charge is 2.44. The summed E-state index contributed by atoms with van der Waals surface area (Å²) in [7, 11) is 0. The predicted octanol–water partition coefficient (Wildman–Crippen LogP) is 4.96. The Morgan fingerprint density at radius 3 is 2.47 bits per heavy atom. The molecule has 3 aromatic rings. The minimum absolute atomic E-state index is 0.000818. The van der Waals surface area contributed by atoms with Crippen molar-refractivity contribution in [1.29, 1.82) is 0 Å². The molecule has 0 aliphatic carbocycles. The Kier molecular flexibility index (Phi) is 8.38. The lowest BCUT2D eigenvalue weighted by atomic mass is 9.95. The zero-order chi connectivity index (χ0) is 27.4. The zero-order valence-electron chi connectivity index (χ0n) is 21.9. The molecule has 1 amide bonds. The number of aliphatic hydroxyl groups is 1. The normalized spacial score (nSPS) is 15.4. The van der Waals surface area contributed by atoms with Gasteiger partial charge >= 0.3 is 5.97 Å². The largest absolute Gasteiger partial charge is 0.503 e. The number of aromatic nitrogens is 1. The first-order valence-electron chi connectivity index (χ1n) is 12.6. The van der Waals surface area contributed by atoms with E-state index >= 15 is 0 Å². The first-order valence-corrected chi connectivity index (χ1v) is 13.4. The molecule has 198 valence electrons. The summed E-state index contributed by atoms with van der Waals surface area (Å²) in [6, 6.07) is 15.4. The van der Waals surface area contributed by atoms with Gasteiger partial charge in [0.05, 0.1) is 22.2 Å². The minimum Gasteiger partial charge on any atom is -0.503 e. The Bertz CT molecular complexity index is 1380. The molecule has 0 bridgehead atoms. The van der Waals surface area contributed by atoms with Crippen molar-refractivity contribution in [3.8, 4) is 16.3 Å². The third kappa shape index (κ3) is 5.54. The molecule has 8 nitrogen and oxygen atoms in total. The highest BCUT2D eigenvalue weighted by atomic mass is 32.1. The number of amides is 1. The van der Waals surface area contributed by atoms with Gasteiger partial charge < -0.3 is 19.6 Å². The fourth-order valence-electron chi connectivity index (χ4n) is 4.60. The Labute approximate surface area is 226 Å². The van der Waals surface area contributed by atoms with Crippen molar-refractivity contribution in [2.75, 3.05) is 26.2 Å². The first-order chi connectivity index (χ1) is 18.2. The summed E-state index contributed by atoms with van der Waals surface area (Å²) >= 11 is 1.23. The maximum atomic E-state index is 14.0. The van der Waals surface area contributed by atoms with Gasteiger partial charge in [0.2, 0.25) is 5.78 Å². The summed E-state index contributed by atoms with van der Waals surface area (Å²) in [6.45, 7) is 9.62. The molecule has 9 heteroatoms. The van der Waals surface area contributed by atoms with Gasteiger partial charge in [-0.3, -0.25) is 14.4 Å². The van der Waals surface area contributed by atoms with E-state index in [0.29, 0.717) is 40.0 Å². The lowest BCUT2D eigenvalue weighted by Crippen LogP contribution is -2.38. The zero-order valence-corrected chi connectivity index (χ0v) is 22.7. The Morgan fingerprint density at radius 1 is 1.11 bits per heavy atom. The number of rotatable bonds is 10. The van der Waals surface area contributed by atoms with E-state index in [1.165, 1.54) is 23.2 Å². The van der Waals surface area contributed by atoms with Gasteiger partial charge in [-0.1, -0.05) is 56.3 Å². The quantitative estimate of drug-likeness (QED) is 0.223. The van der Waals surface area contributed by atoms with Crippen LogP contribution in [-0.2, 0) is 9.59 Å². The van der Waals surface area contributed by atoms with Crippen LogP contribution in [0.15, 0.2) is 65.9 Å². The third-order valence-electron chi connectivity index (χ3n) is 6.56. The molecule has 1 aliphatic rings. The smallest absolute Gasteiger partial charge is 0.308 e. The van der Waals surface area contributed by atoms with Gasteiger partial charge in [-0.2, -0.15) is 0 Å². The van der Waals surface area contributed by atoms with Crippen LogP contribution in [-0.4, -0.2) is 63.7 Å². The molecule has 0 saturated carbocycles. The Balaban J connectivity index is 1.77. The van der Waals surface area contributed by atoms with Gasteiger partial charge in [0, 0.05) is 25.6 Å². The molecule has 0 saturated heterocycles. The van der Waals surface area contributed by atoms with E-state index in [0.717, 1.165) is 18.7 Å². The van der Waals surface area contributed by atoms with Crippen LogP contribution in [0.4, 0.5) is 0 Å². The van der Waals surface area contributed by atoms with Crippen LogP contribution in [0.2, 0.25) is 0 Å². The van der Waals surface area contributed by atoms with E-state index in [-0.39, 0.29) is 5.57 Å². The van der Waals surface area contributed by atoms with Gasteiger partial charge in [-0.05, 0) is 37.7 Å². The first kappa shape index (κ1) is 27.2. The van der Waals surface area contributed by atoms with Crippen LogP contribution in [0.5, 0.6) is 5.75 Å². The molecule has 1 atom stereocenters. The van der Waals surface area contributed by atoms with Crippen LogP contribution in [0, 0.1) is 6.92 Å². The average Bonchev–Trinajstić information content (AvgIpc) is 3.42. The molecule has 38 heavy (non-hydrogen) atoms.